The molecule has 6 heteroatoms. The summed E-state index contributed by atoms with van der Waals surface area (Å²) in [5.41, 5.74) is 4.74. The molecule has 1 amide bonds. The molecular weight excluding hydrogens is 218 g/mol. The van der Waals surface area contributed by atoms with Gasteiger partial charge >= 0.3 is 0 Å². The van der Waals surface area contributed by atoms with E-state index >= 15 is 0 Å². The van der Waals surface area contributed by atoms with Crippen molar-refractivity contribution in [1.82, 2.24) is 20.1 Å². The van der Waals surface area contributed by atoms with Gasteiger partial charge in [-0.25, -0.2) is 4.98 Å². The van der Waals surface area contributed by atoms with Crippen molar-refractivity contribution in [3.8, 4) is 0 Å². The molecule has 6 nitrogen and oxygen atoms in total. The lowest BCUT2D eigenvalue weighted by molar-refractivity contribution is -0.124. The molecule has 0 spiro atoms. The average Bonchev–Trinajstić information content (AvgIpc) is 2.68. The van der Waals surface area contributed by atoms with Crippen LogP contribution < -0.4 is 11.1 Å². The van der Waals surface area contributed by atoms with Gasteiger partial charge in [0, 0.05) is 6.04 Å². The zero-order valence-corrected chi connectivity index (χ0v) is 10.8. The summed E-state index contributed by atoms with van der Waals surface area (Å²) in [6.45, 7) is 7.78. The summed E-state index contributed by atoms with van der Waals surface area (Å²) >= 11 is 0. The van der Waals surface area contributed by atoms with Gasteiger partial charge in [-0.1, -0.05) is 0 Å². The van der Waals surface area contributed by atoms with Crippen LogP contribution in [-0.4, -0.2) is 32.3 Å². The van der Waals surface area contributed by atoms with Crippen LogP contribution >= 0.6 is 0 Å². The normalized spacial score (nSPS) is 16.8. The van der Waals surface area contributed by atoms with E-state index in [1.165, 1.54) is 6.33 Å². The van der Waals surface area contributed by atoms with Crippen molar-refractivity contribution >= 4 is 5.91 Å². The van der Waals surface area contributed by atoms with Gasteiger partial charge in [0.05, 0.1) is 11.6 Å². The molecule has 0 aromatic carbocycles. The Kier molecular flexibility index (Phi) is 4.22. The molecule has 0 radical (unpaired) electrons. The van der Waals surface area contributed by atoms with Crippen molar-refractivity contribution in [2.24, 2.45) is 5.73 Å². The van der Waals surface area contributed by atoms with Crippen LogP contribution in [0.1, 0.15) is 40.2 Å². The molecule has 0 saturated heterocycles. The molecule has 3 N–H and O–H groups in total. The Morgan fingerprint density at radius 1 is 1.53 bits per heavy atom. The van der Waals surface area contributed by atoms with Gasteiger partial charge in [-0.15, -0.1) is 0 Å². The molecule has 0 saturated carbocycles. The molecule has 1 rings (SSSR count). The van der Waals surface area contributed by atoms with E-state index in [-0.39, 0.29) is 18.0 Å². The van der Waals surface area contributed by atoms with Gasteiger partial charge in [0.25, 0.3) is 0 Å². The number of aromatic nitrogens is 3. The largest absolute Gasteiger partial charge is 0.368 e. The van der Waals surface area contributed by atoms with E-state index in [1.807, 2.05) is 27.7 Å². The molecule has 1 heterocycles. The van der Waals surface area contributed by atoms with Gasteiger partial charge in [-0.3, -0.25) is 9.48 Å². The molecule has 0 bridgehead atoms. The molecular formula is C11H21N5O. The summed E-state index contributed by atoms with van der Waals surface area (Å²) in [5, 5.41) is 7.28. The smallest absolute Gasteiger partial charge is 0.237 e. The maximum absolute atomic E-state index is 11.6. The fraction of sp³-hybridized carbons (Fsp3) is 0.727. The number of nitrogens with one attached hydrogen (secondary N) is 1. The third kappa shape index (κ3) is 3.52. The van der Waals surface area contributed by atoms with Crippen LogP contribution in [0.5, 0.6) is 0 Å². The number of hydrogen-bond acceptors (Lipinski definition) is 4. The second-order valence-corrected chi connectivity index (χ2v) is 4.92. The summed E-state index contributed by atoms with van der Waals surface area (Å²) in [4.78, 5) is 15.5. The lowest BCUT2D eigenvalue weighted by Gasteiger charge is -2.32. The first-order chi connectivity index (χ1) is 7.85. The number of primary amides is 1. The van der Waals surface area contributed by atoms with Crippen LogP contribution in [0.15, 0.2) is 12.7 Å². The SMILES string of the molecule is CC(C)NC(C)(CC(C)n1cncn1)C(N)=O. The third-order valence-electron chi connectivity index (χ3n) is 2.74. The van der Waals surface area contributed by atoms with E-state index in [4.69, 9.17) is 5.73 Å². The second-order valence-electron chi connectivity index (χ2n) is 4.92. The molecule has 0 fully saturated rings. The molecule has 2 atom stereocenters. The fourth-order valence-corrected chi connectivity index (χ4v) is 2.00. The summed E-state index contributed by atoms with van der Waals surface area (Å²) in [7, 11) is 0. The molecule has 96 valence electrons. The summed E-state index contributed by atoms with van der Waals surface area (Å²) in [6.07, 6.45) is 3.69. The van der Waals surface area contributed by atoms with E-state index in [9.17, 15) is 4.79 Å². The Morgan fingerprint density at radius 2 is 2.18 bits per heavy atom. The maximum Gasteiger partial charge on any atom is 0.237 e. The van der Waals surface area contributed by atoms with E-state index in [1.54, 1.807) is 11.0 Å². The first kappa shape index (κ1) is 13.6. The van der Waals surface area contributed by atoms with Crippen LogP contribution in [0, 0.1) is 0 Å². The predicted octanol–water partition coefficient (Wildman–Crippen LogP) is 0.471. The number of carbonyl (C=O) groups is 1. The lowest BCUT2D eigenvalue weighted by Crippen LogP contribution is -2.56. The Bertz CT molecular complexity index is 362. The zero-order valence-electron chi connectivity index (χ0n) is 10.8. The highest BCUT2D eigenvalue weighted by Crippen LogP contribution is 2.20. The first-order valence-corrected chi connectivity index (χ1v) is 5.77. The van der Waals surface area contributed by atoms with Gasteiger partial charge in [0.1, 0.15) is 12.7 Å². The van der Waals surface area contributed by atoms with Crippen LogP contribution in [-0.2, 0) is 4.79 Å². The summed E-state index contributed by atoms with van der Waals surface area (Å²) in [5.74, 6) is -0.349. The number of carbonyl (C=O) groups excluding carboxylic acids is 1. The predicted molar refractivity (Wildman–Crippen MR) is 65.2 cm³/mol. The highest BCUT2D eigenvalue weighted by Gasteiger charge is 2.33. The molecule has 2 unspecified atom stereocenters. The average molecular weight is 239 g/mol. The Hall–Kier alpha value is -1.43. The Labute approximate surface area is 102 Å². The Balaban J connectivity index is 2.76. The quantitative estimate of drug-likeness (QED) is 0.755. The molecule has 0 aliphatic carbocycles. The van der Waals surface area contributed by atoms with Crippen molar-refractivity contribution in [2.75, 3.05) is 0 Å². The van der Waals surface area contributed by atoms with Gasteiger partial charge in [-0.05, 0) is 34.1 Å². The number of amides is 1. The number of nitrogens with zero attached hydrogens (tertiary/aromatic N) is 3. The zero-order chi connectivity index (χ0) is 13.1. The van der Waals surface area contributed by atoms with Crippen LogP contribution in [0.2, 0.25) is 0 Å². The van der Waals surface area contributed by atoms with E-state index in [0.717, 1.165) is 0 Å². The third-order valence-corrected chi connectivity index (χ3v) is 2.74. The van der Waals surface area contributed by atoms with Crippen molar-refractivity contribution in [3.05, 3.63) is 12.7 Å². The van der Waals surface area contributed by atoms with Gasteiger partial charge < -0.3 is 11.1 Å². The minimum atomic E-state index is -0.737. The first-order valence-electron chi connectivity index (χ1n) is 5.77. The summed E-state index contributed by atoms with van der Waals surface area (Å²) in [6, 6.07) is 0.247. The van der Waals surface area contributed by atoms with E-state index < -0.39 is 5.54 Å². The maximum atomic E-state index is 11.6. The minimum absolute atomic E-state index is 0.0567. The molecule has 1 aromatic rings. The van der Waals surface area contributed by atoms with Crippen molar-refractivity contribution in [1.29, 1.82) is 0 Å². The van der Waals surface area contributed by atoms with Crippen molar-refractivity contribution in [2.45, 2.75) is 51.7 Å². The van der Waals surface area contributed by atoms with Crippen molar-refractivity contribution in [3.63, 3.8) is 0 Å². The van der Waals surface area contributed by atoms with Crippen LogP contribution in [0.25, 0.3) is 0 Å². The molecule has 17 heavy (non-hydrogen) atoms. The van der Waals surface area contributed by atoms with Gasteiger partial charge in [-0.2, -0.15) is 5.10 Å². The monoisotopic (exact) mass is 239 g/mol. The number of nitrogens with two attached hydrogens (primary N) is 1. The van der Waals surface area contributed by atoms with Crippen molar-refractivity contribution < 1.29 is 4.79 Å². The topological polar surface area (TPSA) is 85.8 Å². The summed E-state index contributed by atoms with van der Waals surface area (Å²) < 4.78 is 1.73. The fourth-order valence-electron chi connectivity index (χ4n) is 2.00. The number of hydrogen-bond donors (Lipinski definition) is 2. The number of rotatable bonds is 6. The standard InChI is InChI=1S/C11H21N5O/c1-8(2)15-11(4,10(12)17)5-9(3)16-7-13-6-14-16/h6-9,15H,5H2,1-4H3,(H2,12,17). The minimum Gasteiger partial charge on any atom is -0.368 e. The van der Waals surface area contributed by atoms with E-state index in [2.05, 4.69) is 15.4 Å². The highest BCUT2D eigenvalue weighted by atomic mass is 16.1. The molecule has 0 aliphatic heterocycles. The van der Waals surface area contributed by atoms with Gasteiger partial charge in [0.15, 0.2) is 0 Å². The molecule has 0 aliphatic rings. The van der Waals surface area contributed by atoms with Gasteiger partial charge in [0.2, 0.25) is 5.91 Å². The highest BCUT2D eigenvalue weighted by molar-refractivity contribution is 5.84. The van der Waals surface area contributed by atoms with E-state index in [0.29, 0.717) is 6.42 Å². The molecule has 1 aromatic heterocycles. The van der Waals surface area contributed by atoms with Crippen LogP contribution in [0.4, 0.5) is 0 Å². The second kappa shape index (κ2) is 5.27. The lowest BCUT2D eigenvalue weighted by atomic mass is 9.92. The van der Waals surface area contributed by atoms with Crippen LogP contribution in [0.3, 0.4) is 0 Å². The Morgan fingerprint density at radius 3 is 2.59 bits per heavy atom.